The Kier molecular flexibility index (Phi) is 2.75. The van der Waals surface area contributed by atoms with Gasteiger partial charge in [0.05, 0.1) is 0 Å². The van der Waals surface area contributed by atoms with E-state index in [1.165, 1.54) is 0 Å². The van der Waals surface area contributed by atoms with Crippen LogP contribution in [0.3, 0.4) is 0 Å². The molecule has 2 nitrogen and oxygen atoms in total. The van der Waals surface area contributed by atoms with Crippen molar-refractivity contribution in [1.82, 2.24) is 0 Å². The highest BCUT2D eigenvalue weighted by Crippen LogP contribution is 2.24. The Bertz CT molecular complexity index is 338. The third kappa shape index (κ3) is 1.79. The number of primary amides is 1. The molecule has 0 radical (unpaired) electrons. The van der Waals surface area contributed by atoms with Crippen molar-refractivity contribution in [2.75, 3.05) is 0 Å². The first-order chi connectivity index (χ1) is 5.52. The Morgan fingerprint density at radius 3 is 2.67 bits per heavy atom. The zero-order valence-electron chi connectivity index (χ0n) is 6.40. The second kappa shape index (κ2) is 3.46. The summed E-state index contributed by atoms with van der Waals surface area (Å²) in [5.74, 6) is -0.462. The third-order valence-corrected chi connectivity index (χ3v) is 2.62. The van der Waals surface area contributed by atoms with Gasteiger partial charge in [0, 0.05) is 15.1 Å². The van der Waals surface area contributed by atoms with Crippen LogP contribution in [0.5, 0.6) is 0 Å². The molecule has 2 N–H and O–H groups in total. The smallest absolute Gasteiger partial charge is 0.249 e. The predicted molar refractivity (Wildman–Crippen MR) is 52.4 cm³/mol. The number of rotatable bonds is 1. The molecular formula is C8H7BrClNO. The van der Waals surface area contributed by atoms with Crippen LogP contribution in [0.4, 0.5) is 0 Å². The monoisotopic (exact) mass is 247 g/mol. The molecule has 12 heavy (non-hydrogen) atoms. The Morgan fingerprint density at radius 1 is 1.58 bits per heavy atom. The van der Waals surface area contributed by atoms with Gasteiger partial charge in [0.1, 0.15) is 0 Å². The SMILES string of the molecule is Cc1c(Br)cc(Cl)cc1C(N)=O. The predicted octanol–water partition coefficient (Wildman–Crippen LogP) is 2.51. The lowest BCUT2D eigenvalue weighted by atomic mass is 10.1. The molecule has 4 heteroatoms. The summed E-state index contributed by atoms with van der Waals surface area (Å²) in [7, 11) is 0. The number of hydrogen-bond acceptors (Lipinski definition) is 1. The molecule has 64 valence electrons. The maximum Gasteiger partial charge on any atom is 0.249 e. The first-order valence-corrected chi connectivity index (χ1v) is 4.45. The highest BCUT2D eigenvalue weighted by molar-refractivity contribution is 9.10. The largest absolute Gasteiger partial charge is 0.366 e. The fourth-order valence-electron chi connectivity index (χ4n) is 0.902. The van der Waals surface area contributed by atoms with Crippen LogP contribution in [0.1, 0.15) is 15.9 Å². The lowest BCUT2D eigenvalue weighted by Crippen LogP contribution is -2.12. The molecule has 0 aromatic heterocycles. The zero-order chi connectivity index (χ0) is 9.30. The minimum Gasteiger partial charge on any atom is -0.366 e. The van der Waals surface area contributed by atoms with Crippen molar-refractivity contribution < 1.29 is 4.79 Å². The van der Waals surface area contributed by atoms with Gasteiger partial charge in [-0.05, 0) is 24.6 Å². The summed E-state index contributed by atoms with van der Waals surface area (Å²) in [4.78, 5) is 10.9. The summed E-state index contributed by atoms with van der Waals surface area (Å²) in [6, 6.07) is 3.29. The van der Waals surface area contributed by atoms with Gasteiger partial charge in [-0.1, -0.05) is 27.5 Å². The number of nitrogens with two attached hydrogens (primary N) is 1. The number of halogens is 2. The van der Waals surface area contributed by atoms with Crippen molar-refractivity contribution in [3.63, 3.8) is 0 Å². The maximum atomic E-state index is 10.9. The van der Waals surface area contributed by atoms with Crippen LogP contribution in [0.15, 0.2) is 16.6 Å². The van der Waals surface area contributed by atoms with Gasteiger partial charge in [0.2, 0.25) is 5.91 Å². The topological polar surface area (TPSA) is 43.1 Å². The summed E-state index contributed by atoms with van der Waals surface area (Å²) in [5, 5.41) is 0.501. The van der Waals surface area contributed by atoms with E-state index in [2.05, 4.69) is 15.9 Å². The fraction of sp³-hybridized carbons (Fsp3) is 0.125. The molecule has 0 aliphatic carbocycles. The molecule has 1 aromatic rings. The Hall–Kier alpha value is -0.540. The molecule has 1 rings (SSSR count). The Labute approximate surface area is 83.8 Å². The van der Waals surface area contributed by atoms with Crippen molar-refractivity contribution in [3.05, 3.63) is 32.8 Å². The second-order valence-corrected chi connectivity index (χ2v) is 3.72. The van der Waals surface area contributed by atoms with Crippen LogP contribution < -0.4 is 5.73 Å². The number of carbonyl (C=O) groups excluding carboxylic acids is 1. The molecule has 0 bridgehead atoms. The number of carbonyl (C=O) groups is 1. The molecule has 0 saturated heterocycles. The molecule has 0 saturated carbocycles. The molecule has 0 atom stereocenters. The molecule has 0 spiro atoms. The van der Waals surface area contributed by atoms with Crippen molar-refractivity contribution in [3.8, 4) is 0 Å². The van der Waals surface area contributed by atoms with Crippen LogP contribution in [-0.2, 0) is 0 Å². The van der Waals surface area contributed by atoms with Crippen LogP contribution in [0.25, 0.3) is 0 Å². The molecule has 1 aromatic carbocycles. The van der Waals surface area contributed by atoms with Crippen LogP contribution in [0, 0.1) is 6.92 Å². The standard InChI is InChI=1S/C8H7BrClNO/c1-4-6(8(11)12)2-5(10)3-7(4)9/h2-3H,1H3,(H2,11,12). The van der Waals surface area contributed by atoms with Gasteiger partial charge in [0.15, 0.2) is 0 Å². The summed E-state index contributed by atoms with van der Waals surface area (Å²) in [5.41, 5.74) is 6.40. The van der Waals surface area contributed by atoms with Crippen molar-refractivity contribution in [2.45, 2.75) is 6.92 Å². The highest BCUT2D eigenvalue weighted by Gasteiger charge is 2.08. The van der Waals surface area contributed by atoms with Gasteiger partial charge < -0.3 is 5.73 Å². The lowest BCUT2D eigenvalue weighted by molar-refractivity contribution is 0.0999. The van der Waals surface area contributed by atoms with Gasteiger partial charge in [0.25, 0.3) is 0 Å². The highest BCUT2D eigenvalue weighted by atomic mass is 79.9. The number of amides is 1. The maximum absolute atomic E-state index is 10.9. The Balaban J connectivity index is 3.37. The molecule has 0 fully saturated rings. The summed E-state index contributed by atoms with van der Waals surface area (Å²) in [6.07, 6.45) is 0. The summed E-state index contributed by atoms with van der Waals surface area (Å²) in [6.45, 7) is 1.81. The van der Waals surface area contributed by atoms with Crippen LogP contribution in [0.2, 0.25) is 5.02 Å². The Morgan fingerprint density at radius 2 is 2.17 bits per heavy atom. The normalized spacial score (nSPS) is 9.92. The molecule has 0 heterocycles. The molecule has 1 amide bonds. The number of benzene rings is 1. The van der Waals surface area contributed by atoms with E-state index in [1.54, 1.807) is 19.1 Å². The van der Waals surface area contributed by atoms with E-state index in [4.69, 9.17) is 17.3 Å². The van der Waals surface area contributed by atoms with Crippen LogP contribution >= 0.6 is 27.5 Å². The van der Waals surface area contributed by atoms with E-state index < -0.39 is 5.91 Å². The molecule has 0 unspecified atom stereocenters. The minimum absolute atomic E-state index is 0.453. The minimum atomic E-state index is -0.462. The van der Waals surface area contributed by atoms with Crippen LogP contribution in [-0.4, -0.2) is 5.91 Å². The molecule has 0 aliphatic heterocycles. The van der Waals surface area contributed by atoms with Gasteiger partial charge in [-0.15, -0.1) is 0 Å². The van der Waals surface area contributed by atoms with E-state index >= 15 is 0 Å². The average molecular weight is 249 g/mol. The van der Waals surface area contributed by atoms with Crippen molar-refractivity contribution in [2.24, 2.45) is 5.73 Å². The lowest BCUT2D eigenvalue weighted by Gasteiger charge is -2.04. The van der Waals surface area contributed by atoms with Crippen molar-refractivity contribution in [1.29, 1.82) is 0 Å². The van der Waals surface area contributed by atoms with Gasteiger partial charge in [-0.2, -0.15) is 0 Å². The van der Waals surface area contributed by atoms with E-state index in [0.717, 1.165) is 10.0 Å². The van der Waals surface area contributed by atoms with Gasteiger partial charge >= 0.3 is 0 Å². The van der Waals surface area contributed by atoms with E-state index in [1.807, 2.05) is 0 Å². The number of hydrogen-bond donors (Lipinski definition) is 1. The third-order valence-electron chi connectivity index (χ3n) is 1.57. The van der Waals surface area contributed by atoms with E-state index in [9.17, 15) is 4.79 Å². The van der Waals surface area contributed by atoms with Gasteiger partial charge in [-0.25, -0.2) is 0 Å². The van der Waals surface area contributed by atoms with Crippen molar-refractivity contribution >= 4 is 33.4 Å². The van der Waals surface area contributed by atoms with E-state index in [0.29, 0.717) is 10.6 Å². The molecular weight excluding hydrogens is 241 g/mol. The summed E-state index contributed by atoms with van der Waals surface area (Å²) < 4.78 is 0.795. The first kappa shape index (κ1) is 9.55. The van der Waals surface area contributed by atoms with Gasteiger partial charge in [-0.3, -0.25) is 4.79 Å². The first-order valence-electron chi connectivity index (χ1n) is 3.28. The fourth-order valence-corrected chi connectivity index (χ4v) is 1.71. The summed E-state index contributed by atoms with van der Waals surface area (Å²) >= 11 is 9.00. The second-order valence-electron chi connectivity index (χ2n) is 2.42. The molecule has 0 aliphatic rings. The quantitative estimate of drug-likeness (QED) is 0.815. The zero-order valence-corrected chi connectivity index (χ0v) is 8.74. The average Bonchev–Trinajstić information content (AvgIpc) is 1.96. The van der Waals surface area contributed by atoms with E-state index in [-0.39, 0.29) is 0 Å².